The maximum absolute atomic E-state index is 12.3. The van der Waals surface area contributed by atoms with Gasteiger partial charge in [0.2, 0.25) is 5.91 Å². The molecule has 1 saturated heterocycles. The molecule has 1 amide bonds. The zero-order chi connectivity index (χ0) is 17.6. The summed E-state index contributed by atoms with van der Waals surface area (Å²) in [6.07, 6.45) is 3.26. The van der Waals surface area contributed by atoms with Crippen LogP contribution < -0.4 is 0 Å². The number of benzene rings is 1. The van der Waals surface area contributed by atoms with Crippen molar-refractivity contribution >= 4 is 17.7 Å². The van der Waals surface area contributed by atoms with Crippen LogP contribution in [0.4, 0.5) is 0 Å². The summed E-state index contributed by atoms with van der Waals surface area (Å²) in [4.78, 5) is 14.3. The lowest BCUT2D eigenvalue weighted by Crippen LogP contribution is -2.38. The Balaban J connectivity index is 1.54. The molecule has 4 nitrogen and oxygen atoms in total. The molecule has 0 unspecified atom stereocenters. The molecule has 2 heterocycles. The van der Waals surface area contributed by atoms with Crippen molar-refractivity contribution in [3.63, 3.8) is 0 Å². The Morgan fingerprint density at radius 3 is 2.44 bits per heavy atom. The zero-order valence-corrected chi connectivity index (χ0v) is 15.8. The second kappa shape index (κ2) is 8.48. The smallest absolute Gasteiger partial charge is 0.232 e. The molecular formula is C20H25N3OS. The second-order valence-electron chi connectivity index (χ2n) is 6.66. The predicted molar refractivity (Wildman–Crippen MR) is 103 cm³/mol. The third kappa shape index (κ3) is 4.82. The lowest BCUT2D eigenvalue weighted by Gasteiger charge is -2.30. The van der Waals surface area contributed by atoms with Crippen LogP contribution in [0.2, 0.25) is 0 Å². The molecule has 0 N–H and O–H groups in total. The summed E-state index contributed by atoms with van der Waals surface area (Å²) in [6, 6.07) is 12.3. The van der Waals surface area contributed by atoms with Gasteiger partial charge in [-0.1, -0.05) is 49.9 Å². The van der Waals surface area contributed by atoms with E-state index >= 15 is 0 Å². The van der Waals surface area contributed by atoms with Crippen LogP contribution in [0.3, 0.4) is 0 Å². The molecule has 0 spiro atoms. The summed E-state index contributed by atoms with van der Waals surface area (Å²) in [5.41, 5.74) is 3.25. The first kappa shape index (κ1) is 17.9. The van der Waals surface area contributed by atoms with Gasteiger partial charge in [-0.05, 0) is 42.9 Å². The van der Waals surface area contributed by atoms with E-state index in [9.17, 15) is 4.79 Å². The van der Waals surface area contributed by atoms with Crippen LogP contribution in [0, 0.1) is 5.92 Å². The number of nitrogens with zero attached hydrogens (tertiary/aromatic N) is 3. The van der Waals surface area contributed by atoms with Gasteiger partial charge in [0.05, 0.1) is 11.4 Å². The van der Waals surface area contributed by atoms with Gasteiger partial charge in [0.1, 0.15) is 5.03 Å². The Hall–Kier alpha value is -1.88. The average Bonchev–Trinajstić information content (AvgIpc) is 2.67. The Morgan fingerprint density at radius 2 is 1.84 bits per heavy atom. The van der Waals surface area contributed by atoms with E-state index in [2.05, 4.69) is 48.3 Å². The number of thioether (sulfide) groups is 1. The largest absolute Gasteiger partial charge is 0.342 e. The molecule has 1 aliphatic heterocycles. The Morgan fingerprint density at radius 1 is 1.12 bits per heavy atom. The highest BCUT2D eigenvalue weighted by molar-refractivity contribution is 7.99. The highest BCUT2D eigenvalue weighted by Crippen LogP contribution is 2.22. The van der Waals surface area contributed by atoms with E-state index < -0.39 is 0 Å². The van der Waals surface area contributed by atoms with Gasteiger partial charge in [0, 0.05) is 18.7 Å². The van der Waals surface area contributed by atoms with Crippen molar-refractivity contribution in [3.05, 3.63) is 42.0 Å². The Kier molecular flexibility index (Phi) is 6.08. The number of rotatable bonds is 5. The minimum absolute atomic E-state index is 0.206. The fourth-order valence-corrected chi connectivity index (χ4v) is 3.66. The van der Waals surface area contributed by atoms with Crippen LogP contribution in [-0.2, 0) is 11.2 Å². The van der Waals surface area contributed by atoms with Crippen molar-refractivity contribution in [3.8, 4) is 11.3 Å². The zero-order valence-electron chi connectivity index (χ0n) is 14.9. The Bertz CT molecular complexity index is 692. The molecule has 3 rings (SSSR count). The van der Waals surface area contributed by atoms with Crippen molar-refractivity contribution < 1.29 is 4.79 Å². The number of likely N-dealkylation sites (tertiary alicyclic amines) is 1. The summed E-state index contributed by atoms with van der Waals surface area (Å²) in [5, 5.41) is 9.38. The SMILES string of the molecule is CCc1ccc(-c2ccc(SCC(=O)N3CCC(C)CC3)nn2)cc1. The second-order valence-corrected chi connectivity index (χ2v) is 7.65. The van der Waals surface area contributed by atoms with Gasteiger partial charge in [-0.25, -0.2) is 0 Å². The average molecular weight is 356 g/mol. The maximum Gasteiger partial charge on any atom is 0.232 e. The lowest BCUT2D eigenvalue weighted by atomic mass is 9.99. The van der Waals surface area contributed by atoms with Crippen LogP contribution in [0.5, 0.6) is 0 Å². The van der Waals surface area contributed by atoms with Crippen LogP contribution in [0.1, 0.15) is 32.3 Å². The number of aryl methyl sites for hydroxylation is 1. The number of aromatic nitrogens is 2. The minimum atomic E-state index is 0.206. The number of carbonyl (C=O) groups is 1. The minimum Gasteiger partial charge on any atom is -0.342 e. The normalized spacial score (nSPS) is 15.4. The van der Waals surface area contributed by atoms with Crippen LogP contribution >= 0.6 is 11.8 Å². The standard InChI is InChI=1S/C20H25N3OS/c1-3-16-4-6-17(7-5-16)18-8-9-19(22-21-18)25-14-20(24)23-12-10-15(2)11-13-23/h4-9,15H,3,10-14H2,1-2H3. The quantitative estimate of drug-likeness (QED) is 0.759. The fraction of sp³-hybridized carbons (Fsp3) is 0.450. The van der Waals surface area contributed by atoms with Gasteiger partial charge in [0.25, 0.3) is 0 Å². The number of hydrogen-bond acceptors (Lipinski definition) is 4. The summed E-state index contributed by atoms with van der Waals surface area (Å²) in [7, 11) is 0. The topological polar surface area (TPSA) is 46.1 Å². The van der Waals surface area contributed by atoms with Crippen molar-refractivity contribution in [2.24, 2.45) is 5.92 Å². The van der Waals surface area contributed by atoms with Gasteiger partial charge < -0.3 is 4.90 Å². The molecule has 0 aliphatic carbocycles. The van der Waals surface area contributed by atoms with Crippen LogP contribution in [-0.4, -0.2) is 39.8 Å². The van der Waals surface area contributed by atoms with Crippen molar-refractivity contribution in [2.75, 3.05) is 18.8 Å². The van der Waals surface area contributed by atoms with Gasteiger partial charge in [-0.2, -0.15) is 0 Å². The Labute approximate surface area is 154 Å². The van der Waals surface area contributed by atoms with Gasteiger partial charge >= 0.3 is 0 Å². The summed E-state index contributed by atoms with van der Waals surface area (Å²) >= 11 is 1.47. The molecule has 1 fully saturated rings. The number of amides is 1. The first-order valence-corrected chi connectivity index (χ1v) is 9.98. The van der Waals surface area contributed by atoms with Crippen molar-refractivity contribution in [1.82, 2.24) is 15.1 Å². The predicted octanol–water partition coefficient (Wildman–Crippen LogP) is 4.06. The molecule has 0 saturated carbocycles. The molecule has 132 valence electrons. The van der Waals surface area contributed by atoms with E-state index in [4.69, 9.17) is 0 Å². The van der Waals surface area contributed by atoms with E-state index in [1.807, 2.05) is 17.0 Å². The lowest BCUT2D eigenvalue weighted by molar-refractivity contribution is -0.129. The molecule has 25 heavy (non-hydrogen) atoms. The number of carbonyl (C=O) groups excluding carboxylic acids is 1. The molecule has 0 atom stereocenters. The van der Waals surface area contributed by atoms with Gasteiger partial charge in [-0.3, -0.25) is 4.79 Å². The van der Waals surface area contributed by atoms with E-state index in [1.54, 1.807) is 0 Å². The first-order chi connectivity index (χ1) is 12.2. The third-order valence-electron chi connectivity index (χ3n) is 4.78. The van der Waals surface area contributed by atoms with Crippen molar-refractivity contribution in [1.29, 1.82) is 0 Å². The molecule has 1 aliphatic rings. The highest BCUT2D eigenvalue weighted by Gasteiger charge is 2.20. The van der Waals surface area contributed by atoms with Crippen LogP contribution in [0.15, 0.2) is 41.4 Å². The maximum atomic E-state index is 12.3. The summed E-state index contributed by atoms with van der Waals surface area (Å²) in [6.45, 7) is 6.17. The summed E-state index contributed by atoms with van der Waals surface area (Å²) in [5.74, 6) is 1.38. The molecule has 5 heteroatoms. The van der Waals surface area contributed by atoms with E-state index in [1.165, 1.54) is 17.3 Å². The molecule has 2 aromatic rings. The first-order valence-electron chi connectivity index (χ1n) is 8.99. The van der Waals surface area contributed by atoms with E-state index in [0.29, 0.717) is 5.75 Å². The molecule has 1 aromatic carbocycles. The summed E-state index contributed by atoms with van der Waals surface area (Å²) < 4.78 is 0. The highest BCUT2D eigenvalue weighted by atomic mass is 32.2. The molecular weight excluding hydrogens is 330 g/mol. The van der Waals surface area contributed by atoms with Crippen LogP contribution in [0.25, 0.3) is 11.3 Å². The van der Waals surface area contributed by atoms with Gasteiger partial charge in [0.15, 0.2) is 0 Å². The van der Waals surface area contributed by atoms with Gasteiger partial charge in [-0.15, -0.1) is 10.2 Å². The number of hydrogen-bond donors (Lipinski definition) is 0. The molecule has 0 radical (unpaired) electrons. The fourth-order valence-electron chi connectivity index (χ4n) is 2.95. The van der Waals surface area contributed by atoms with Crippen molar-refractivity contribution in [2.45, 2.75) is 38.1 Å². The van der Waals surface area contributed by atoms with E-state index in [0.717, 1.165) is 54.6 Å². The molecule has 1 aromatic heterocycles. The monoisotopic (exact) mass is 355 g/mol. The molecule has 0 bridgehead atoms. The third-order valence-corrected chi connectivity index (χ3v) is 5.68. The number of piperidine rings is 1. The van der Waals surface area contributed by atoms with E-state index in [-0.39, 0.29) is 5.91 Å².